The Bertz CT molecular complexity index is 722. The van der Waals surface area contributed by atoms with Crippen LogP contribution in [0.25, 0.3) is 11.0 Å². The van der Waals surface area contributed by atoms with Crippen LogP contribution in [0.15, 0.2) is 27.4 Å². The Morgan fingerprint density at radius 2 is 1.57 bits per heavy atom. The highest BCUT2D eigenvalue weighted by Crippen LogP contribution is 2.35. The molecule has 2 rings (SSSR count). The highest BCUT2D eigenvalue weighted by molar-refractivity contribution is 5.85. The number of aryl methyl sites for hydroxylation is 1. The van der Waals surface area contributed by atoms with E-state index in [2.05, 4.69) is 60.6 Å². The molecule has 0 aliphatic rings. The summed E-state index contributed by atoms with van der Waals surface area (Å²) in [6.45, 7) is 15.2. The van der Waals surface area contributed by atoms with E-state index in [-0.39, 0.29) is 16.5 Å². The molecule has 0 amide bonds. The molecule has 0 N–H and O–H groups in total. The van der Waals surface area contributed by atoms with Crippen molar-refractivity contribution < 1.29 is 4.42 Å². The molecule has 0 aliphatic carbocycles. The third-order valence-corrected chi connectivity index (χ3v) is 3.98. The monoisotopic (exact) mass is 286 g/mol. The van der Waals surface area contributed by atoms with Gasteiger partial charge in [-0.05, 0) is 34.4 Å². The average Bonchev–Trinajstić information content (AvgIpc) is 2.34. The first-order valence-electron chi connectivity index (χ1n) is 7.66. The molecule has 0 bridgehead atoms. The molecule has 2 nitrogen and oxygen atoms in total. The van der Waals surface area contributed by atoms with Gasteiger partial charge in [-0.1, -0.05) is 54.5 Å². The lowest BCUT2D eigenvalue weighted by Crippen LogP contribution is -2.18. The average molecular weight is 286 g/mol. The summed E-state index contributed by atoms with van der Waals surface area (Å²) in [7, 11) is 0. The predicted octanol–water partition coefficient (Wildman–Crippen LogP) is 4.95. The molecule has 1 aromatic carbocycles. The van der Waals surface area contributed by atoms with Crippen molar-refractivity contribution in [2.45, 2.75) is 65.7 Å². The second kappa shape index (κ2) is 5.01. The van der Waals surface area contributed by atoms with Gasteiger partial charge >= 0.3 is 5.63 Å². The molecular weight excluding hydrogens is 260 g/mol. The Labute approximate surface area is 127 Å². The SMILES string of the molecule is CCc1cc(=O)oc2c(C(C)(C)C)cc(C(C)(C)C)cc12. The Morgan fingerprint density at radius 3 is 2.05 bits per heavy atom. The van der Waals surface area contributed by atoms with E-state index < -0.39 is 0 Å². The summed E-state index contributed by atoms with van der Waals surface area (Å²) in [5, 5.41) is 1.08. The molecule has 114 valence electrons. The quantitative estimate of drug-likeness (QED) is 0.694. The van der Waals surface area contributed by atoms with Gasteiger partial charge in [-0.25, -0.2) is 4.79 Å². The summed E-state index contributed by atoms with van der Waals surface area (Å²) in [4.78, 5) is 11.9. The number of rotatable bonds is 1. The van der Waals surface area contributed by atoms with Crippen LogP contribution in [0, 0.1) is 0 Å². The Hall–Kier alpha value is -1.57. The Morgan fingerprint density at radius 1 is 0.952 bits per heavy atom. The Kier molecular flexibility index (Phi) is 3.77. The fourth-order valence-corrected chi connectivity index (χ4v) is 2.61. The lowest BCUT2D eigenvalue weighted by atomic mass is 9.79. The van der Waals surface area contributed by atoms with Crippen molar-refractivity contribution in [1.29, 1.82) is 0 Å². The van der Waals surface area contributed by atoms with Crippen LogP contribution in [0.3, 0.4) is 0 Å². The molecule has 1 aromatic heterocycles. The summed E-state index contributed by atoms with van der Waals surface area (Å²) < 4.78 is 5.57. The summed E-state index contributed by atoms with van der Waals surface area (Å²) in [5.41, 5.74) is 3.95. The van der Waals surface area contributed by atoms with E-state index in [1.807, 2.05) is 0 Å². The van der Waals surface area contributed by atoms with Crippen LogP contribution in [0.4, 0.5) is 0 Å². The first-order chi connectivity index (χ1) is 9.54. The van der Waals surface area contributed by atoms with Gasteiger partial charge in [0.1, 0.15) is 5.58 Å². The minimum Gasteiger partial charge on any atom is -0.422 e. The lowest BCUT2D eigenvalue weighted by Gasteiger charge is -2.26. The van der Waals surface area contributed by atoms with Crippen molar-refractivity contribution in [1.82, 2.24) is 0 Å². The van der Waals surface area contributed by atoms with E-state index in [9.17, 15) is 4.79 Å². The van der Waals surface area contributed by atoms with Gasteiger partial charge < -0.3 is 4.42 Å². The highest BCUT2D eigenvalue weighted by atomic mass is 16.4. The fourth-order valence-electron chi connectivity index (χ4n) is 2.61. The molecule has 0 aliphatic heterocycles. The van der Waals surface area contributed by atoms with Gasteiger partial charge in [0.15, 0.2) is 0 Å². The van der Waals surface area contributed by atoms with E-state index in [0.29, 0.717) is 0 Å². The van der Waals surface area contributed by atoms with Crippen molar-refractivity contribution in [2.24, 2.45) is 0 Å². The van der Waals surface area contributed by atoms with E-state index in [0.717, 1.165) is 28.5 Å². The topological polar surface area (TPSA) is 30.2 Å². The van der Waals surface area contributed by atoms with Crippen LogP contribution in [-0.4, -0.2) is 0 Å². The first-order valence-corrected chi connectivity index (χ1v) is 7.66. The van der Waals surface area contributed by atoms with E-state index in [1.54, 1.807) is 6.07 Å². The lowest BCUT2D eigenvalue weighted by molar-refractivity contribution is 0.524. The number of hydrogen-bond acceptors (Lipinski definition) is 2. The zero-order valence-electron chi connectivity index (χ0n) is 14.3. The molecule has 0 unspecified atom stereocenters. The molecule has 0 fully saturated rings. The molecule has 2 aromatic rings. The zero-order valence-corrected chi connectivity index (χ0v) is 14.3. The van der Waals surface area contributed by atoms with Crippen molar-refractivity contribution >= 4 is 11.0 Å². The Balaban J connectivity index is 2.98. The van der Waals surface area contributed by atoms with E-state index in [4.69, 9.17) is 4.42 Å². The van der Waals surface area contributed by atoms with Crippen LogP contribution in [0.1, 0.15) is 65.2 Å². The second-order valence-corrected chi connectivity index (χ2v) is 7.84. The second-order valence-electron chi connectivity index (χ2n) is 7.84. The largest absolute Gasteiger partial charge is 0.422 e. The van der Waals surface area contributed by atoms with Crippen molar-refractivity contribution in [3.63, 3.8) is 0 Å². The molecule has 0 saturated heterocycles. The summed E-state index contributed by atoms with van der Waals surface area (Å²) in [5.74, 6) is 0. The predicted molar refractivity (Wildman–Crippen MR) is 89.3 cm³/mol. The highest BCUT2D eigenvalue weighted by Gasteiger charge is 2.24. The normalized spacial score (nSPS) is 12.9. The van der Waals surface area contributed by atoms with Gasteiger partial charge in [0.05, 0.1) is 0 Å². The van der Waals surface area contributed by atoms with Crippen molar-refractivity contribution in [3.8, 4) is 0 Å². The summed E-state index contributed by atoms with van der Waals surface area (Å²) in [6, 6.07) is 6.01. The molecule has 0 atom stereocenters. The maximum atomic E-state index is 11.9. The van der Waals surface area contributed by atoms with Gasteiger partial charge in [-0.15, -0.1) is 0 Å². The molecule has 0 saturated carbocycles. The number of fused-ring (bicyclic) bond motifs is 1. The van der Waals surface area contributed by atoms with Gasteiger partial charge in [0.25, 0.3) is 0 Å². The third-order valence-electron chi connectivity index (χ3n) is 3.98. The summed E-state index contributed by atoms with van der Waals surface area (Å²) in [6.07, 6.45) is 0.833. The first kappa shape index (κ1) is 15.8. The van der Waals surface area contributed by atoms with Crippen molar-refractivity contribution in [2.75, 3.05) is 0 Å². The van der Waals surface area contributed by atoms with Gasteiger partial charge in [-0.2, -0.15) is 0 Å². The molecular formula is C19H26O2. The summed E-state index contributed by atoms with van der Waals surface area (Å²) >= 11 is 0. The third kappa shape index (κ3) is 3.04. The minimum absolute atomic E-state index is 0.0648. The van der Waals surface area contributed by atoms with Crippen LogP contribution in [-0.2, 0) is 17.3 Å². The molecule has 0 radical (unpaired) electrons. The molecule has 1 heterocycles. The maximum absolute atomic E-state index is 11.9. The van der Waals surface area contributed by atoms with Crippen molar-refractivity contribution in [3.05, 3.63) is 45.3 Å². The molecule has 2 heteroatoms. The van der Waals surface area contributed by atoms with Crippen LogP contribution < -0.4 is 5.63 Å². The molecule has 0 spiro atoms. The zero-order chi connectivity index (χ0) is 16.0. The van der Waals surface area contributed by atoms with Crippen LogP contribution in [0.5, 0.6) is 0 Å². The fraction of sp³-hybridized carbons (Fsp3) is 0.526. The maximum Gasteiger partial charge on any atom is 0.336 e. The minimum atomic E-state index is -0.256. The van der Waals surface area contributed by atoms with Gasteiger partial charge in [0, 0.05) is 17.0 Å². The van der Waals surface area contributed by atoms with Crippen LogP contribution >= 0.6 is 0 Å². The van der Waals surface area contributed by atoms with E-state index in [1.165, 1.54) is 5.56 Å². The number of hydrogen-bond donors (Lipinski definition) is 0. The smallest absolute Gasteiger partial charge is 0.336 e. The van der Waals surface area contributed by atoms with E-state index >= 15 is 0 Å². The molecule has 21 heavy (non-hydrogen) atoms. The van der Waals surface area contributed by atoms with Gasteiger partial charge in [-0.3, -0.25) is 0 Å². The van der Waals surface area contributed by atoms with Gasteiger partial charge in [0.2, 0.25) is 0 Å². The van der Waals surface area contributed by atoms with Crippen LogP contribution in [0.2, 0.25) is 0 Å². The standard InChI is InChI=1S/C19H26O2/c1-8-12-9-16(20)21-17-14(12)10-13(18(2,3)4)11-15(17)19(5,6)7/h9-11H,8H2,1-7H3. The number of benzene rings is 1.